The van der Waals surface area contributed by atoms with E-state index in [4.69, 9.17) is 0 Å². The van der Waals surface area contributed by atoms with Crippen LogP contribution in [0.2, 0.25) is 0 Å². The maximum atomic E-state index is 12.8. The highest BCUT2D eigenvalue weighted by atomic mass is 16.1. The normalized spacial score (nSPS) is 20.5. The van der Waals surface area contributed by atoms with Gasteiger partial charge >= 0.3 is 0 Å². The summed E-state index contributed by atoms with van der Waals surface area (Å²) in [6.45, 7) is 4.85. The van der Waals surface area contributed by atoms with Crippen molar-refractivity contribution in [3.05, 3.63) is 59.8 Å². The number of hydrogen-bond donors (Lipinski definition) is 1. The van der Waals surface area contributed by atoms with Gasteiger partial charge < -0.3 is 10.2 Å². The maximum Gasteiger partial charge on any atom is 0.255 e. The van der Waals surface area contributed by atoms with Gasteiger partial charge in [-0.25, -0.2) is 4.98 Å². The molecule has 2 aliphatic rings. The molecule has 1 aromatic carbocycles. The largest absolute Gasteiger partial charge is 0.356 e. The van der Waals surface area contributed by atoms with Gasteiger partial charge in [-0.3, -0.25) is 9.69 Å². The lowest BCUT2D eigenvalue weighted by atomic mass is 10.2. The molecule has 1 amide bonds. The fourth-order valence-corrected chi connectivity index (χ4v) is 3.95. The molecule has 2 aromatic rings. The van der Waals surface area contributed by atoms with Crippen molar-refractivity contribution in [1.82, 2.24) is 15.2 Å². The summed E-state index contributed by atoms with van der Waals surface area (Å²) in [6.07, 6.45) is 5.13. The van der Waals surface area contributed by atoms with Gasteiger partial charge in [0.25, 0.3) is 5.91 Å². The van der Waals surface area contributed by atoms with E-state index in [0.29, 0.717) is 5.56 Å². The smallest absolute Gasteiger partial charge is 0.255 e. The highest BCUT2D eigenvalue weighted by molar-refractivity contribution is 5.99. The fraction of sp³-hybridized carbons (Fsp3) is 0.429. The SMILES string of the molecule is O=C(NC1CCN(Cc2ccccc2)C1)c1cccnc1N1CCCC1. The van der Waals surface area contributed by atoms with Crippen LogP contribution in [0, 0.1) is 0 Å². The van der Waals surface area contributed by atoms with Crippen LogP contribution in [-0.2, 0) is 6.54 Å². The van der Waals surface area contributed by atoms with E-state index in [0.717, 1.165) is 45.0 Å². The Kier molecular flexibility index (Phi) is 5.16. The summed E-state index contributed by atoms with van der Waals surface area (Å²) >= 11 is 0. The number of likely N-dealkylation sites (tertiary alicyclic amines) is 1. The Bertz CT molecular complexity index is 743. The zero-order chi connectivity index (χ0) is 17.8. The van der Waals surface area contributed by atoms with Gasteiger partial charge in [0.2, 0.25) is 0 Å². The van der Waals surface area contributed by atoms with Gasteiger partial charge in [-0.2, -0.15) is 0 Å². The molecule has 2 saturated heterocycles. The average Bonchev–Trinajstić information content (AvgIpc) is 3.35. The first-order valence-electron chi connectivity index (χ1n) is 9.57. The third-order valence-corrected chi connectivity index (χ3v) is 5.29. The van der Waals surface area contributed by atoms with Crippen molar-refractivity contribution in [3.8, 4) is 0 Å². The molecule has 0 bridgehead atoms. The predicted molar refractivity (Wildman–Crippen MR) is 103 cm³/mol. The van der Waals surface area contributed by atoms with Crippen molar-refractivity contribution < 1.29 is 4.79 Å². The number of nitrogens with zero attached hydrogens (tertiary/aromatic N) is 3. The number of rotatable bonds is 5. The number of nitrogens with one attached hydrogen (secondary N) is 1. The molecule has 4 rings (SSSR count). The molecule has 0 saturated carbocycles. The van der Waals surface area contributed by atoms with Crippen LogP contribution in [0.15, 0.2) is 48.7 Å². The van der Waals surface area contributed by atoms with E-state index in [1.807, 2.05) is 18.2 Å². The molecule has 2 aliphatic heterocycles. The highest BCUT2D eigenvalue weighted by Gasteiger charge is 2.26. The molecular weight excluding hydrogens is 324 g/mol. The molecule has 26 heavy (non-hydrogen) atoms. The standard InChI is InChI=1S/C21H26N4O/c26-21(19-9-6-11-22-20(19)25-12-4-5-13-25)23-18-10-14-24(16-18)15-17-7-2-1-3-8-17/h1-3,6-9,11,18H,4-5,10,12-16H2,(H,23,26). The zero-order valence-corrected chi connectivity index (χ0v) is 15.1. The van der Waals surface area contributed by atoms with Gasteiger partial charge in [-0.15, -0.1) is 0 Å². The minimum Gasteiger partial charge on any atom is -0.356 e. The first-order chi connectivity index (χ1) is 12.8. The van der Waals surface area contributed by atoms with Crippen LogP contribution in [-0.4, -0.2) is 48.0 Å². The van der Waals surface area contributed by atoms with E-state index in [2.05, 4.69) is 44.4 Å². The third-order valence-electron chi connectivity index (χ3n) is 5.29. The summed E-state index contributed by atoms with van der Waals surface area (Å²) in [6, 6.07) is 14.5. The summed E-state index contributed by atoms with van der Waals surface area (Å²) in [4.78, 5) is 22.0. The quantitative estimate of drug-likeness (QED) is 0.901. The monoisotopic (exact) mass is 350 g/mol. The first kappa shape index (κ1) is 17.0. The summed E-state index contributed by atoms with van der Waals surface area (Å²) in [7, 11) is 0. The van der Waals surface area contributed by atoms with E-state index in [1.165, 1.54) is 18.4 Å². The first-order valence-corrected chi connectivity index (χ1v) is 9.57. The Hall–Kier alpha value is -2.40. The molecule has 136 valence electrons. The Morgan fingerprint density at radius 2 is 1.88 bits per heavy atom. The molecule has 1 unspecified atom stereocenters. The summed E-state index contributed by atoms with van der Waals surface area (Å²) in [5.74, 6) is 0.841. The topological polar surface area (TPSA) is 48.5 Å². The fourth-order valence-electron chi connectivity index (χ4n) is 3.95. The molecule has 0 spiro atoms. The van der Waals surface area contributed by atoms with E-state index in [-0.39, 0.29) is 11.9 Å². The Morgan fingerprint density at radius 3 is 2.69 bits per heavy atom. The Labute approximate surface area is 155 Å². The number of amides is 1. The number of carbonyl (C=O) groups is 1. The Morgan fingerprint density at radius 1 is 1.08 bits per heavy atom. The van der Waals surface area contributed by atoms with Gasteiger partial charge in [-0.05, 0) is 37.0 Å². The van der Waals surface area contributed by atoms with Crippen molar-refractivity contribution in [2.75, 3.05) is 31.1 Å². The minimum atomic E-state index is 0.00608. The van der Waals surface area contributed by atoms with E-state index in [9.17, 15) is 4.79 Å². The number of hydrogen-bond acceptors (Lipinski definition) is 4. The number of aromatic nitrogens is 1. The van der Waals surface area contributed by atoms with E-state index < -0.39 is 0 Å². The van der Waals surface area contributed by atoms with Crippen molar-refractivity contribution in [3.63, 3.8) is 0 Å². The lowest BCUT2D eigenvalue weighted by Crippen LogP contribution is -2.38. The lowest BCUT2D eigenvalue weighted by Gasteiger charge is -2.21. The minimum absolute atomic E-state index is 0.00608. The molecule has 0 aliphatic carbocycles. The van der Waals surface area contributed by atoms with Crippen molar-refractivity contribution in [1.29, 1.82) is 0 Å². The van der Waals surface area contributed by atoms with Crippen LogP contribution in [0.1, 0.15) is 35.2 Å². The third kappa shape index (κ3) is 3.88. The van der Waals surface area contributed by atoms with Crippen LogP contribution in [0.5, 0.6) is 0 Å². The van der Waals surface area contributed by atoms with Gasteiger partial charge in [0.1, 0.15) is 5.82 Å². The maximum absolute atomic E-state index is 12.8. The van der Waals surface area contributed by atoms with E-state index in [1.54, 1.807) is 6.20 Å². The number of pyridine rings is 1. The van der Waals surface area contributed by atoms with E-state index >= 15 is 0 Å². The summed E-state index contributed by atoms with van der Waals surface area (Å²) < 4.78 is 0. The van der Waals surface area contributed by atoms with Crippen LogP contribution >= 0.6 is 0 Å². The summed E-state index contributed by atoms with van der Waals surface area (Å²) in [5, 5.41) is 3.23. The number of carbonyl (C=O) groups excluding carboxylic acids is 1. The van der Waals surface area contributed by atoms with Gasteiger partial charge in [0.05, 0.1) is 5.56 Å². The molecule has 0 radical (unpaired) electrons. The van der Waals surface area contributed by atoms with Gasteiger partial charge in [-0.1, -0.05) is 30.3 Å². The number of anilines is 1. The second-order valence-corrected chi connectivity index (χ2v) is 7.25. The molecule has 1 atom stereocenters. The van der Waals surface area contributed by atoms with Crippen LogP contribution < -0.4 is 10.2 Å². The van der Waals surface area contributed by atoms with Crippen molar-refractivity contribution >= 4 is 11.7 Å². The van der Waals surface area contributed by atoms with Crippen LogP contribution in [0.4, 0.5) is 5.82 Å². The second kappa shape index (κ2) is 7.87. The molecule has 1 N–H and O–H groups in total. The average molecular weight is 350 g/mol. The molecule has 2 fully saturated rings. The summed E-state index contributed by atoms with van der Waals surface area (Å²) in [5.41, 5.74) is 2.03. The Balaban J connectivity index is 1.37. The van der Waals surface area contributed by atoms with Crippen molar-refractivity contribution in [2.24, 2.45) is 0 Å². The van der Waals surface area contributed by atoms with Gasteiger partial charge in [0.15, 0.2) is 0 Å². The van der Waals surface area contributed by atoms with Crippen LogP contribution in [0.25, 0.3) is 0 Å². The van der Waals surface area contributed by atoms with Gasteiger partial charge in [0, 0.05) is 45.0 Å². The molecule has 3 heterocycles. The molecule has 1 aromatic heterocycles. The zero-order valence-electron chi connectivity index (χ0n) is 15.1. The molecular formula is C21H26N4O. The highest BCUT2D eigenvalue weighted by Crippen LogP contribution is 2.22. The number of benzene rings is 1. The van der Waals surface area contributed by atoms with Crippen molar-refractivity contribution in [2.45, 2.75) is 31.8 Å². The molecule has 5 heteroatoms. The predicted octanol–water partition coefficient (Wildman–Crippen LogP) is 2.69. The second-order valence-electron chi connectivity index (χ2n) is 7.25. The van der Waals surface area contributed by atoms with Crippen LogP contribution in [0.3, 0.4) is 0 Å². The lowest BCUT2D eigenvalue weighted by molar-refractivity contribution is 0.0938. The molecule has 5 nitrogen and oxygen atoms in total.